The van der Waals surface area contributed by atoms with E-state index in [9.17, 15) is 0 Å². The van der Waals surface area contributed by atoms with Crippen LogP contribution >= 0.6 is 11.8 Å². The second kappa shape index (κ2) is 7.81. The highest BCUT2D eigenvalue weighted by molar-refractivity contribution is 7.99. The van der Waals surface area contributed by atoms with Crippen LogP contribution in [0.2, 0.25) is 0 Å². The van der Waals surface area contributed by atoms with Gasteiger partial charge in [-0.1, -0.05) is 24.3 Å². The maximum atomic E-state index is 5.03. The molecule has 0 aliphatic rings. The number of aromatic nitrogens is 1. The predicted molar refractivity (Wildman–Crippen MR) is 79.7 cm³/mol. The van der Waals surface area contributed by atoms with E-state index in [0.717, 1.165) is 18.8 Å². The Bertz CT molecular complexity index is 473. The Labute approximate surface area is 118 Å². The number of nitrogens with zero attached hydrogens (tertiary/aromatic N) is 1. The number of pyridine rings is 1. The second-order valence-electron chi connectivity index (χ2n) is 4.05. The molecular formula is C15H18N2OS. The molecular weight excluding hydrogens is 256 g/mol. The van der Waals surface area contributed by atoms with Gasteiger partial charge in [-0.25, -0.2) is 4.98 Å². The van der Waals surface area contributed by atoms with Crippen LogP contribution in [0.4, 0.5) is 0 Å². The number of ether oxygens (including phenoxy) is 1. The standard InChI is InChI=1S/C15H18N2OS/c1-18-15-8-7-13(12-17-15)11-16-9-10-19-14-5-3-2-4-6-14/h2-8,12,16H,9-11H2,1H3. The van der Waals surface area contributed by atoms with Gasteiger partial charge in [0.05, 0.1) is 7.11 Å². The molecule has 0 fully saturated rings. The molecule has 0 unspecified atom stereocenters. The Kier molecular flexibility index (Phi) is 5.72. The van der Waals surface area contributed by atoms with Crippen LogP contribution in [-0.2, 0) is 6.54 Å². The van der Waals surface area contributed by atoms with Crippen molar-refractivity contribution in [3.05, 3.63) is 54.2 Å². The van der Waals surface area contributed by atoms with Gasteiger partial charge in [0.1, 0.15) is 0 Å². The monoisotopic (exact) mass is 274 g/mol. The molecule has 0 saturated carbocycles. The van der Waals surface area contributed by atoms with Crippen LogP contribution in [0.1, 0.15) is 5.56 Å². The van der Waals surface area contributed by atoms with Crippen molar-refractivity contribution < 1.29 is 4.74 Å². The van der Waals surface area contributed by atoms with Crippen LogP contribution < -0.4 is 10.1 Å². The Morgan fingerprint density at radius 3 is 2.68 bits per heavy atom. The van der Waals surface area contributed by atoms with Gasteiger partial charge in [-0.15, -0.1) is 11.8 Å². The minimum Gasteiger partial charge on any atom is -0.481 e. The Morgan fingerprint density at radius 1 is 1.16 bits per heavy atom. The van der Waals surface area contributed by atoms with E-state index in [1.54, 1.807) is 7.11 Å². The summed E-state index contributed by atoms with van der Waals surface area (Å²) in [5, 5.41) is 3.41. The van der Waals surface area contributed by atoms with Crippen molar-refractivity contribution in [3.63, 3.8) is 0 Å². The summed E-state index contributed by atoms with van der Waals surface area (Å²) in [4.78, 5) is 5.49. The maximum Gasteiger partial charge on any atom is 0.212 e. The molecule has 1 N–H and O–H groups in total. The van der Waals surface area contributed by atoms with Crippen molar-refractivity contribution in [2.45, 2.75) is 11.4 Å². The SMILES string of the molecule is COc1ccc(CNCCSc2ccccc2)cn1. The van der Waals surface area contributed by atoms with Crippen LogP contribution in [0.5, 0.6) is 5.88 Å². The van der Waals surface area contributed by atoms with Gasteiger partial charge in [-0.3, -0.25) is 0 Å². The van der Waals surface area contributed by atoms with E-state index in [-0.39, 0.29) is 0 Å². The lowest BCUT2D eigenvalue weighted by Gasteiger charge is -2.05. The zero-order valence-electron chi connectivity index (χ0n) is 11.0. The summed E-state index contributed by atoms with van der Waals surface area (Å²) in [6, 6.07) is 14.4. The normalized spacial score (nSPS) is 10.4. The van der Waals surface area contributed by atoms with Gasteiger partial charge < -0.3 is 10.1 Å². The van der Waals surface area contributed by atoms with Crippen LogP contribution in [-0.4, -0.2) is 24.4 Å². The van der Waals surface area contributed by atoms with Gasteiger partial charge in [-0.05, 0) is 17.7 Å². The number of benzene rings is 1. The van der Waals surface area contributed by atoms with Crippen molar-refractivity contribution in [1.82, 2.24) is 10.3 Å². The highest BCUT2D eigenvalue weighted by Crippen LogP contribution is 2.15. The highest BCUT2D eigenvalue weighted by atomic mass is 32.2. The number of thioether (sulfide) groups is 1. The number of hydrogen-bond acceptors (Lipinski definition) is 4. The lowest BCUT2D eigenvalue weighted by Crippen LogP contribution is -2.16. The first kappa shape index (κ1) is 13.9. The summed E-state index contributed by atoms with van der Waals surface area (Å²) in [6.45, 7) is 1.82. The number of rotatable bonds is 7. The Morgan fingerprint density at radius 2 is 2.00 bits per heavy atom. The average Bonchev–Trinajstić information content (AvgIpc) is 2.49. The fraction of sp³-hybridized carbons (Fsp3) is 0.267. The van der Waals surface area contributed by atoms with E-state index in [1.165, 1.54) is 10.5 Å². The summed E-state index contributed by atoms with van der Waals surface area (Å²) >= 11 is 1.86. The quantitative estimate of drug-likeness (QED) is 0.622. The van der Waals surface area contributed by atoms with E-state index in [1.807, 2.05) is 36.2 Å². The van der Waals surface area contributed by atoms with Crippen molar-refractivity contribution in [2.75, 3.05) is 19.4 Å². The van der Waals surface area contributed by atoms with Gasteiger partial charge in [-0.2, -0.15) is 0 Å². The van der Waals surface area contributed by atoms with E-state index in [2.05, 4.69) is 34.6 Å². The fourth-order valence-electron chi connectivity index (χ4n) is 1.63. The molecule has 2 rings (SSSR count). The highest BCUT2D eigenvalue weighted by Gasteiger charge is 1.96. The minimum atomic E-state index is 0.656. The van der Waals surface area contributed by atoms with Gasteiger partial charge >= 0.3 is 0 Å². The molecule has 0 radical (unpaired) electrons. The van der Waals surface area contributed by atoms with E-state index in [0.29, 0.717) is 5.88 Å². The first-order valence-electron chi connectivity index (χ1n) is 6.26. The summed E-state index contributed by atoms with van der Waals surface area (Å²) in [7, 11) is 1.63. The molecule has 1 heterocycles. The molecule has 0 spiro atoms. The van der Waals surface area contributed by atoms with Gasteiger partial charge in [0.2, 0.25) is 5.88 Å². The predicted octanol–water partition coefficient (Wildman–Crippen LogP) is 2.97. The summed E-state index contributed by atoms with van der Waals surface area (Å²) in [5.74, 6) is 1.72. The zero-order valence-corrected chi connectivity index (χ0v) is 11.8. The lowest BCUT2D eigenvalue weighted by molar-refractivity contribution is 0.397. The van der Waals surface area contributed by atoms with Crippen LogP contribution in [0, 0.1) is 0 Å². The number of hydrogen-bond donors (Lipinski definition) is 1. The van der Waals surface area contributed by atoms with Crippen molar-refractivity contribution >= 4 is 11.8 Å². The third-order valence-corrected chi connectivity index (χ3v) is 3.64. The number of methoxy groups -OCH3 is 1. The zero-order chi connectivity index (χ0) is 13.3. The molecule has 0 bridgehead atoms. The molecule has 1 aromatic carbocycles. The lowest BCUT2D eigenvalue weighted by atomic mass is 10.3. The second-order valence-corrected chi connectivity index (χ2v) is 5.22. The molecule has 100 valence electrons. The average molecular weight is 274 g/mol. The summed E-state index contributed by atoms with van der Waals surface area (Å²) < 4.78 is 5.03. The summed E-state index contributed by atoms with van der Waals surface area (Å²) in [6.07, 6.45) is 1.84. The minimum absolute atomic E-state index is 0.656. The fourth-order valence-corrected chi connectivity index (χ4v) is 2.46. The number of nitrogens with one attached hydrogen (secondary N) is 1. The smallest absolute Gasteiger partial charge is 0.212 e. The van der Waals surface area contributed by atoms with Crippen molar-refractivity contribution in [1.29, 1.82) is 0 Å². The molecule has 19 heavy (non-hydrogen) atoms. The Balaban J connectivity index is 1.63. The van der Waals surface area contributed by atoms with Crippen molar-refractivity contribution in [3.8, 4) is 5.88 Å². The van der Waals surface area contributed by atoms with Gasteiger partial charge in [0.25, 0.3) is 0 Å². The van der Waals surface area contributed by atoms with Crippen molar-refractivity contribution in [2.24, 2.45) is 0 Å². The molecule has 0 aliphatic heterocycles. The molecule has 0 aliphatic carbocycles. The molecule has 4 heteroatoms. The Hall–Kier alpha value is -1.52. The third-order valence-electron chi connectivity index (χ3n) is 2.63. The summed E-state index contributed by atoms with van der Waals surface area (Å²) in [5.41, 5.74) is 1.17. The van der Waals surface area contributed by atoms with Gasteiger partial charge in [0.15, 0.2) is 0 Å². The van der Waals surface area contributed by atoms with Crippen LogP contribution in [0.25, 0.3) is 0 Å². The molecule has 2 aromatic rings. The maximum absolute atomic E-state index is 5.03. The van der Waals surface area contributed by atoms with Gasteiger partial charge in [0, 0.05) is 36.0 Å². The first-order valence-corrected chi connectivity index (χ1v) is 7.24. The van der Waals surface area contributed by atoms with Crippen LogP contribution in [0.15, 0.2) is 53.6 Å². The largest absolute Gasteiger partial charge is 0.481 e. The van der Waals surface area contributed by atoms with E-state index in [4.69, 9.17) is 4.74 Å². The molecule has 1 aromatic heterocycles. The third kappa shape index (κ3) is 4.93. The molecule has 0 amide bonds. The van der Waals surface area contributed by atoms with Crippen LogP contribution in [0.3, 0.4) is 0 Å². The molecule has 0 atom stereocenters. The molecule has 0 saturated heterocycles. The first-order chi connectivity index (χ1) is 9.38. The van der Waals surface area contributed by atoms with E-state index < -0.39 is 0 Å². The topological polar surface area (TPSA) is 34.1 Å². The molecule has 3 nitrogen and oxygen atoms in total. The van der Waals surface area contributed by atoms with E-state index >= 15 is 0 Å².